The number of benzene rings is 1. The van der Waals surface area contributed by atoms with E-state index in [1.165, 1.54) is 31.4 Å². The van der Waals surface area contributed by atoms with Gasteiger partial charge >= 0.3 is 5.97 Å². The monoisotopic (exact) mass is 301 g/mol. The molecule has 0 heterocycles. The summed E-state index contributed by atoms with van der Waals surface area (Å²) >= 11 is 0. The number of nitrogens with one attached hydrogen (secondary N) is 1. The van der Waals surface area contributed by atoms with E-state index in [0.29, 0.717) is 0 Å². The van der Waals surface area contributed by atoms with Crippen molar-refractivity contribution >= 4 is 21.7 Å². The number of sulfone groups is 1. The normalized spacial score (nSPS) is 12.7. The van der Waals surface area contributed by atoms with Crippen LogP contribution in [0.2, 0.25) is 0 Å². The fraction of sp³-hybridized carbons (Fsp3) is 0.333. The van der Waals surface area contributed by atoms with E-state index in [4.69, 9.17) is 5.11 Å². The number of carbonyl (C=O) groups excluding carboxylic acids is 1. The summed E-state index contributed by atoms with van der Waals surface area (Å²) in [4.78, 5) is 22.5. The first-order chi connectivity index (χ1) is 9.25. The van der Waals surface area contributed by atoms with Crippen LogP contribution < -0.4 is 5.32 Å². The standard InChI is InChI=1S/C12H15NO6S/c1-19-10(12(15)16)7-13-11(14)8-4-3-5-9(6-8)20(2,17)18/h3-6,10H,7H2,1-2H3,(H,13,14)(H,15,16). The van der Waals surface area contributed by atoms with Gasteiger partial charge < -0.3 is 15.2 Å². The molecule has 1 atom stereocenters. The minimum absolute atomic E-state index is 0.0201. The predicted molar refractivity (Wildman–Crippen MR) is 70.3 cm³/mol. The van der Waals surface area contributed by atoms with Gasteiger partial charge in [0.2, 0.25) is 0 Å². The lowest BCUT2D eigenvalue weighted by molar-refractivity contribution is -0.148. The number of methoxy groups -OCH3 is 1. The summed E-state index contributed by atoms with van der Waals surface area (Å²) in [5, 5.41) is 11.1. The van der Waals surface area contributed by atoms with Gasteiger partial charge in [-0.3, -0.25) is 4.79 Å². The molecule has 0 spiro atoms. The molecule has 0 aliphatic carbocycles. The van der Waals surface area contributed by atoms with Gasteiger partial charge in [0.25, 0.3) is 5.91 Å². The molecule has 1 aromatic carbocycles. The molecule has 0 fully saturated rings. The molecule has 0 bridgehead atoms. The second-order valence-corrected chi connectivity index (χ2v) is 6.09. The Morgan fingerprint density at radius 1 is 1.40 bits per heavy atom. The maximum Gasteiger partial charge on any atom is 0.334 e. The van der Waals surface area contributed by atoms with Gasteiger partial charge in [-0.05, 0) is 18.2 Å². The highest BCUT2D eigenvalue weighted by molar-refractivity contribution is 7.90. The van der Waals surface area contributed by atoms with Crippen LogP contribution in [0.4, 0.5) is 0 Å². The van der Waals surface area contributed by atoms with Gasteiger partial charge in [-0.25, -0.2) is 13.2 Å². The van der Waals surface area contributed by atoms with Crippen LogP contribution in [0.1, 0.15) is 10.4 Å². The molecule has 0 aliphatic heterocycles. The molecule has 1 amide bonds. The number of carboxylic acid groups (broad SMARTS) is 1. The van der Waals surface area contributed by atoms with Crippen molar-refractivity contribution in [3.8, 4) is 0 Å². The van der Waals surface area contributed by atoms with E-state index in [9.17, 15) is 18.0 Å². The highest BCUT2D eigenvalue weighted by Gasteiger charge is 2.18. The van der Waals surface area contributed by atoms with Crippen LogP contribution in [0, 0.1) is 0 Å². The highest BCUT2D eigenvalue weighted by atomic mass is 32.2. The fourth-order valence-electron chi connectivity index (χ4n) is 1.43. The number of carbonyl (C=O) groups is 2. The summed E-state index contributed by atoms with van der Waals surface area (Å²) in [5.41, 5.74) is 0.133. The quantitative estimate of drug-likeness (QED) is 0.760. The first kappa shape index (κ1) is 16.1. The Morgan fingerprint density at radius 3 is 2.55 bits per heavy atom. The van der Waals surface area contributed by atoms with Crippen LogP contribution in [-0.2, 0) is 19.4 Å². The highest BCUT2D eigenvalue weighted by Crippen LogP contribution is 2.11. The molecule has 0 saturated carbocycles. The third-order valence-corrected chi connectivity index (χ3v) is 3.64. The summed E-state index contributed by atoms with van der Waals surface area (Å²) in [6.07, 6.45) is -0.118. The number of amides is 1. The zero-order valence-electron chi connectivity index (χ0n) is 11.0. The topological polar surface area (TPSA) is 110 Å². The molecule has 1 aromatic rings. The smallest absolute Gasteiger partial charge is 0.334 e. The molecule has 0 aromatic heterocycles. The maximum atomic E-state index is 11.8. The van der Waals surface area contributed by atoms with Crippen LogP contribution >= 0.6 is 0 Å². The zero-order chi connectivity index (χ0) is 15.3. The van der Waals surface area contributed by atoms with Crippen LogP contribution in [0.25, 0.3) is 0 Å². The SMILES string of the molecule is COC(CNC(=O)c1cccc(S(C)(=O)=O)c1)C(=O)O. The van der Waals surface area contributed by atoms with Gasteiger partial charge in [-0.2, -0.15) is 0 Å². The third kappa shape index (κ3) is 4.32. The van der Waals surface area contributed by atoms with Crippen molar-refractivity contribution in [2.24, 2.45) is 0 Å². The summed E-state index contributed by atoms with van der Waals surface area (Å²) < 4.78 is 27.4. The number of hydrogen-bond acceptors (Lipinski definition) is 5. The molecular weight excluding hydrogens is 286 g/mol. The van der Waals surface area contributed by atoms with E-state index < -0.39 is 27.8 Å². The Morgan fingerprint density at radius 2 is 2.05 bits per heavy atom. The van der Waals surface area contributed by atoms with E-state index in [0.717, 1.165) is 6.26 Å². The first-order valence-electron chi connectivity index (χ1n) is 5.59. The van der Waals surface area contributed by atoms with Crippen molar-refractivity contribution in [3.63, 3.8) is 0 Å². The fourth-order valence-corrected chi connectivity index (χ4v) is 2.09. The summed E-state index contributed by atoms with van der Waals surface area (Å²) in [6, 6.07) is 5.48. The predicted octanol–water partition coefficient (Wildman–Crippen LogP) is -0.0805. The van der Waals surface area contributed by atoms with Crippen molar-refractivity contribution in [2.45, 2.75) is 11.0 Å². The molecule has 110 valence electrons. The van der Waals surface area contributed by atoms with E-state index in [-0.39, 0.29) is 17.0 Å². The molecule has 0 radical (unpaired) electrons. The van der Waals surface area contributed by atoms with E-state index >= 15 is 0 Å². The molecule has 1 rings (SSSR count). The number of rotatable bonds is 6. The molecule has 0 aliphatic rings. The Bertz CT molecular complexity index is 610. The maximum absolute atomic E-state index is 11.8. The van der Waals surface area contributed by atoms with E-state index in [1.807, 2.05) is 0 Å². The molecule has 20 heavy (non-hydrogen) atoms. The van der Waals surface area contributed by atoms with Gasteiger partial charge in [0.05, 0.1) is 11.4 Å². The summed E-state index contributed by atoms with van der Waals surface area (Å²) in [6.45, 7) is -0.215. The van der Waals surface area contributed by atoms with Gasteiger partial charge in [-0.1, -0.05) is 6.07 Å². The van der Waals surface area contributed by atoms with Gasteiger partial charge in [0, 0.05) is 18.9 Å². The molecule has 7 nitrogen and oxygen atoms in total. The Hall–Kier alpha value is -1.93. The van der Waals surface area contributed by atoms with Gasteiger partial charge in [0.1, 0.15) is 0 Å². The third-order valence-electron chi connectivity index (χ3n) is 2.53. The van der Waals surface area contributed by atoms with Crippen LogP contribution in [-0.4, -0.2) is 51.4 Å². The lowest BCUT2D eigenvalue weighted by atomic mass is 10.2. The second-order valence-electron chi connectivity index (χ2n) is 4.07. The van der Waals surface area contributed by atoms with Crippen LogP contribution in [0.3, 0.4) is 0 Å². The number of aliphatic carboxylic acids is 1. The Balaban J connectivity index is 2.81. The zero-order valence-corrected chi connectivity index (χ0v) is 11.8. The average Bonchev–Trinajstić information content (AvgIpc) is 2.38. The van der Waals surface area contributed by atoms with E-state index in [2.05, 4.69) is 10.1 Å². The molecule has 8 heteroatoms. The number of hydrogen-bond donors (Lipinski definition) is 2. The van der Waals surface area contributed by atoms with Crippen molar-refractivity contribution in [1.82, 2.24) is 5.32 Å². The van der Waals surface area contributed by atoms with Gasteiger partial charge in [-0.15, -0.1) is 0 Å². The van der Waals surface area contributed by atoms with Gasteiger partial charge in [0.15, 0.2) is 15.9 Å². The lowest BCUT2D eigenvalue weighted by Crippen LogP contribution is -2.37. The van der Waals surface area contributed by atoms with Crippen molar-refractivity contribution in [3.05, 3.63) is 29.8 Å². The number of carboxylic acids is 1. The molecule has 0 saturated heterocycles. The Labute approximate surface area is 116 Å². The Kier molecular flexibility index (Phi) is 5.23. The average molecular weight is 301 g/mol. The van der Waals surface area contributed by atoms with Crippen molar-refractivity contribution in [1.29, 1.82) is 0 Å². The van der Waals surface area contributed by atoms with E-state index in [1.54, 1.807) is 0 Å². The summed E-state index contributed by atoms with van der Waals surface area (Å²) in [5.74, 6) is -1.77. The molecular formula is C12H15NO6S. The minimum Gasteiger partial charge on any atom is -0.479 e. The summed E-state index contributed by atoms with van der Waals surface area (Å²) in [7, 11) is -2.19. The van der Waals surface area contributed by atoms with Crippen molar-refractivity contribution < 1.29 is 27.9 Å². The van der Waals surface area contributed by atoms with Crippen LogP contribution in [0.5, 0.6) is 0 Å². The largest absolute Gasteiger partial charge is 0.479 e. The second kappa shape index (κ2) is 6.49. The lowest BCUT2D eigenvalue weighted by Gasteiger charge is -2.11. The van der Waals surface area contributed by atoms with Crippen molar-refractivity contribution in [2.75, 3.05) is 19.9 Å². The molecule has 1 unspecified atom stereocenters. The first-order valence-corrected chi connectivity index (χ1v) is 7.48. The number of ether oxygens (including phenoxy) is 1. The molecule has 2 N–H and O–H groups in total. The van der Waals surface area contributed by atoms with Crippen LogP contribution in [0.15, 0.2) is 29.2 Å². The minimum atomic E-state index is -3.41.